The van der Waals surface area contributed by atoms with Gasteiger partial charge in [0.2, 0.25) is 0 Å². The predicted octanol–water partition coefficient (Wildman–Crippen LogP) is 4.24. The largest absolute Gasteiger partial charge is 0.464 e. The van der Waals surface area contributed by atoms with Crippen LogP contribution in [-0.4, -0.2) is 14.8 Å². The Morgan fingerprint density at radius 3 is 2.95 bits per heavy atom. The maximum Gasteiger partial charge on any atom is 0.153 e. The zero-order chi connectivity index (χ0) is 14.9. The summed E-state index contributed by atoms with van der Waals surface area (Å²) in [6.07, 6.45) is 8.39. The molecule has 1 aromatic carbocycles. The first kappa shape index (κ1) is 12.8. The van der Waals surface area contributed by atoms with E-state index in [4.69, 9.17) is 4.42 Å². The highest BCUT2D eigenvalue weighted by Crippen LogP contribution is 2.31. The van der Waals surface area contributed by atoms with Gasteiger partial charge in [-0.1, -0.05) is 19.1 Å². The zero-order valence-electron chi connectivity index (χ0n) is 12.2. The lowest BCUT2D eigenvalue weighted by Crippen LogP contribution is -1.95. The lowest BCUT2D eigenvalue weighted by molar-refractivity contribution is 0.617. The van der Waals surface area contributed by atoms with Crippen molar-refractivity contribution in [3.05, 3.63) is 66.8 Å². The first-order valence-electron chi connectivity index (χ1n) is 7.32. The van der Waals surface area contributed by atoms with Gasteiger partial charge in [0.15, 0.2) is 5.82 Å². The quantitative estimate of drug-likeness (QED) is 0.566. The van der Waals surface area contributed by atoms with Crippen molar-refractivity contribution in [3.8, 4) is 16.9 Å². The van der Waals surface area contributed by atoms with Crippen LogP contribution in [0, 0.1) is 0 Å². The first-order chi connectivity index (χ1) is 10.8. The molecule has 4 nitrogen and oxygen atoms in total. The molecule has 0 unspecified atom stereocenters. The van der Waals surface area contributed by atoms with Gasteiger partial charge < -0.3 is 4.42 Å². The van der Waals surface area contributed by atoms with Gasteiger partial charge in [0.05, 0.1) is 12.5 Å². The van der Waals surface area contributed by atoms with E-state index in [1.54, 1.807) is 17.1 Å². The summed E-state index contributed by atoms with van der Waals surface area (Å²) in [5.74, 6) is 0.802. The van der Waals surface area contributed by atoms with Crippen molar-refractivity contribution in [3.63, 3.8) is 0 Å². The third kappa shape index (κ3) is 2.09. The molecule has 0 saturated carbocycles. The van der Waals surface area contributed by atoms with Crippen molar-refractivity contribution in [2.45, 2.75) is 13.3 Å². The number of furan rings is 1. The lowest BCUT2D eigenvalue weighted by Gasteiger charge is -1.99. The van der Waals surface area contributed by atoms with Crippen molar-refractivity contribution >= 4 is 11.0 Å². The molecule has 0 aliphatic rings. The summed E-state index contributed by atoms with van der Waals surface area (Å²) in [6.45, 7) is 2.15. The number of nitrogens with zero attached hydrogens (tertiary/aromatic N) is 3. The Hall–Kier alpha value is -2.88. The fourth-order valence-corrected chi connectivity index (χ4v) is 2.60. The van der Waals surface area contributed by atoms with Crippen LogP contribution < -0.4 is 0 Å². The second-order valence-electron chi connectivity index (χ2n) is 5.19. The van der Waals surface area contributed by atoms with Crippen LogP contribution in [-0.2, 0) is 6.42 Å². The molecule has 0 N–H and O–H groups in total. The molecule has 0 aliphatic carbocycles. The molecule has 108 valence electrons. The second-order valence-corrected chi connectivity index (χ2v) is 5.19. The van der Waals surface area contributed by atoms with Crippen LogP contribution in [0.3, 0.4) is 0 Å². The highest BCUT2D eigenvalue weighted by molar-refractivity contribution is 5.94. The van der Waals surface area contributed by atoms with E-state index in [-0.39, 0.29) is 0 Å². The van der Waals surface area contributed by atoms with Gasteiger partial charge >= 0.3 is 0 Å². The minimum absolute atomic E-state index is 0.802. The molecular formula is C18H15N3O. The van der Waals surface area contributed by atoms with E-state index in [9.17, 15) is 0 Å². The molecule has 4 aromatic rings. The molecule has 0 amide bonds. The Kier molecular flexibility index (Phi) is 3.00. The van der Waals surface area contributed by atoms with Gasteiger partial charge in [-0.05, 0) is 36.2 Å². The Balaban J connectivity index is 1.81. The van der Waals surface area contributed by atoms with Gasteiger partial charge in [-0.3, -0.25) is 0 Å². The molecule has 0 atom stereocenters. The summed E-state index contributed by atoms with van der Waals surface area (Å²) in [5, 5.41) is 5.53. The van der Waals surface area contributed by atoms with E-state index in [0.717, 1.165) is 34.3 Å². The summed E-state index contributed by atoms with van der Waals surface area (Å²) in [4.78, 5) is 4.31. The topological polar surface area (TPSA) is 43.9 Å². The van der Waals surface area contributed by atoms with Gasteiger partial charge in [-0.15, -0.1) is 0 Å². The van der Waals surface area contributed by atoms with E-state index in [1.807, 2.05) is 36.7 Å². The fourth-order valence-electron chi connectivity index (χ4n) is 2.60. The summed E-state index contributed by atoms with van der Waals surface area (Å²) < 4.78 is 7.44. The summed E-state index contributed by atoms with van der Waals surface area (Å²) in [5.41, 5.74) is 4.29. The third-order valence-corrected chi connectivity index (χ3v) is 3.82. The number of aryl methyl sites for hydroxylation is 1. The molecule has 0 fully saturated rings. The maximum atomic E-state index is 5.67. The minimum Gasteiger partial charge on any atom is -0.464 e. The third-order valence-electron chi connectivity index (χ3n) is 3.82. The Bertz CT molecular complexity index is 922. The van der Waals surface area contributed by atoms with Crippen LogP contribution in [0.2, 0.25) is 0 Å². The van der Waals surface area contributed by atoms with Crippen LogP contribution in [0.4, 0.5) is 0 Å². The standard InChI is InChI=1S/C18H15N3O/c1-2-13-6-7-17-15(9-13)16(12-22-17)14-10-20-21(11-14)18-5-3-4-8-19-18/h3-12H,2H2,1H3. The van der Waals surface area contributed by atoms with Crippen molar-refractivity contribution in [1.29, 1.82) is 0 Å². The van der Waals surface area contributed by atoms with Crippen LogP contribution >= 0.6 is 0 Å². The van der Waals surface area contributed by atoms with E-state index >= 15 is 0 Å². The molecule has 0 aliphatic heterocycles. The smallest absolute Gasteiger partial charge is 0.153 e. The molecule has 22 heavy (non-hydrogen) atoms. The highest BCUT2D eigenvalue weighted by atomic mass is 16.3. The van der Waals surface area contributed by atoms with E-state index in [2.05, 4.69) is 29.1 Å². The molecule has 0 saturated heterocycles. The molecule has 3 heterocycles. The van der Waals surface area contributed by atoms with Crippen molar-refractivity contribution in [2.24, 2.45) is 0 Å². The van der Waals surface area contributed by atoms with Gasteiger partial charge in [-0.25, -0.2) is 9.67 Å². The van der Waals surface area contributed by atoms with Crippen molar-refractivity contribution < 1.29 is 4.42 Å². The normalized spacial score (nSPS) is 11.1. The van der Waals surface area contributed by atoms with E-state index < -0.39 is 0 Å². The number of fused-ring (bicyclic) bond motifs is 1. The highest BCUT2D eigenvalue weighted by Gasteiger charge is 2.11. The number of hydrogen-bond donors (Lipinski definition) is 0. The lowest BCUT2D eigenvalue weighted by atomic mass is 10.0. The Labute approximate surface area is 128 Å². The van der Waals surface area contributed by atoms with Gasteiger partial charge in [0.25, 0.3) is 0 Å². The van der Waals surface area contributed by atoms with Gasteiger partial charge in [0, 0.05) is 28.9 Å². The molecule has 0 spiro atoms. The summed E-state index contributed by atoms with van der Waals surface area (Å²) >= 11 is 0. The van der Waals surface area contributed by atoms with Crippen molar-refractivity contribution in [2.75, 3.05) is 0 Å². The minimum atomic E-state index is 0.802. The average molecular weight is 289 g/mol. The first-order valence-corrected chi connectivity index (χ1v) is 7.32. The SMILES string of the molecule is CCc1ccc2occ(-c3cnn(-c4ccccn4)c3)c2c1. The predicted molar refractivity (Wildman–Crippen MR) is 85.9 cm³/mol. The van der Waals surface area contributed by atoms with E-state index in [0.29, 0.717) is 0 Å². The summed E-state index contributed by atoms with van der Waals surface area (Å²) in [6, 6.07) is 12.1. The second kappa shape index (κ2) is 5.15. The molecule has 0 bridgehead atoms. The van der Waals surface area contributed by atoms with Crippen LogP contribution in [0.15, 0.2) is 65.7 Å². The average Bonchev–Trinajstić information content (AvgIpc) is 3.21. The number of aromatic nitrogens is 3. The number of benzene rings is 1. The van der Waals surface area contributed by atoms with Crippen LogP contribution in [0.5, 0.6) is 0 Å². The Morgan fingerprint density at radius 2 is 2.14 bits per heavy atom. The zero-order valence-corrected chi connectivity index (χ0v) is 12.2. The van der Waals surface area contributed by atoms with Crippen LogP contribution in [0.1, 0.15) is 12.5 Å². The fraction of sp³-hybridized carbons (Fsp3) is 0.111. The number of rotatable bonds is 3. The Morgan fingerprint density at radius 1 is 1.18 bits per heavy atom. The molecule has 0 radical (unpaired) electrons. The van der Waals surface area contributed by atoms with Crippen LogP contribution in [0.25, 0.3) is 27.9 Å². The number of hydrogen-bond acceptors (Lipinski definition) is 3. The molecule has 4 heteroatoms. The molecular weight excluding hydrogens is 274 g/mol. The number of pyridine rings is 1. The summed E-state index contributed by atoms with van der Waals surface area (Å²) in [7, 11) is 0. The molecule has 4 rings (SSSR count). The monoisotopic (exact) mass is 289 g/mol. The van der Waals surface area contributed by atoms with Crippen molar-refractivity contribution in [1.82, 2.24) is 14.8 Å². The molecule has 3 aromatic heterocycles. The van der Waals surface area contributed by atoms with Gasteiger partial charge in [0.1, 0.15) is 5.58 Å². The van der Waals surface area contributed by atoms with E-state index in [1.165, 1.54) is 5.56 Å². The maximum absolute atomic E-state index is 5.67. The van der Waals surface area contributed by atoms with Gasteiger partial charge in [-0.2, -0.15) is 5.10 Å².